The van der Waals surface area contributed by atoms with Gasteiger partial charge < -0.3 is 10.2 Å². The highest BCUT2D eigenvalue weighted by molar-refractivity contribution is 7.52. The number of aliphatic hydroxyl groups is 2. The SMILES string of the molecule is O=C1COP2(=O)OC3(O2)OP(=O)(OC[C@@H](O)[C@@H]1O)O3. The van der Waals surface area contributed by atoms with Crippen LogP contribution in [0.5, 0.6) is 0 Å². The van der Waals surface area contributed by atoms with Gasteiger partial charge in [0.25, 0.3) is 0 Å². The van der Waals surface area contributed by atoms with Gasteiger partial charge in [0.15, 0.2) is 5.78 Å². The minimum Gasteiger partial charge on any atom is -0.388 e. The molecule has 13 heteroatoms. The first-order chi connectivity index (χ1) is 8.75. The third-order valence-electron chi connectivity index (χ3n) is 2.36. The Hall–Kier alpha value is -0.190. The Morgan fingerprint density at radius 3 is 2.16 bits per heavy atom. The molecule has 0 radical (unpaired) electrons. The van der Waals surface area contributed by atoms with Gasteiger partial charge in [0, 0.05) is 0 Å². The summed E-state index contributed by atoms with van der Waals surface area (Å²) in [7, 11) is -8.12. The van der Waals surface area contributed by atoms with Gasteiger partial charge in [-0.15, -0.1) is 0 Å². The number of carbonyl (C=O) groups excluding carboxylic acids is 1. The number of ketones is 1. The van der Waals surface area contributed by atoms with E-state index in [0.29, 0.717) is 0 Å². The molecular formula is C6H8O11P2. The molecule has 3 bridgehead atoms. The molecule has 5 saturated heterocycles. The molecule has 11 nitrogen and oxygen atoms in total. The molecule has 0 aliphatic carbocycles. The molecule has 5 aliphatic heterocycles. The molecule has 0 amide bonds. The number of rotatable bonds is 0. The van der Waals surface area contributed by atoms with Gasteiger partial charge >= 0.3 is 21.8 Å². The topological polar surface area (TPSA) is 147 Å². The summed E-state index contributed by atoms with van der Waals surface area (Å²) >= 11 is 0. The molecule has 5 rings (SSSR count). The molecule has 5 fully saturated rings. The van der Waals surface area contributed by atoms with Crippen LogP contribution in [0.2, 0.25) is 0 Å². The second-order valence-corrected chi connectivity index (χ2v) is 6.84. The summed E-state index contributed by atoms with van der Waals surface area (Å²) in [6.45, 7) is -1.53. The number of phosphoric ester groups is 2. The standard InChI is InChI=1S/C6H8O11P2/c7-3-1-12-18(10)14-6(15-18)16-19(11,17-6)13-2-4(8)5(3)9/h3,5,7,9H,1-2H2/t3-,5+,6?,18?,19?/m1/s1. The first-order valence-corrected chi connectivity index (χ1v) is 7.88. The zero-order valence-corrected chi connectivity index (χ0v) is 10.8. The van der Waals surface area contributed by atoms with Crippen LogP contribution in [-0.2, 0) is 41.1 Å². The van der Waals surface area contributed by atoms with Crippen molar-refractivity contribution in [2.75, 3.05) is 13.2 Å². The second-order valence-electron chi connectivity index (χ2n) is 3.81. The zero-order chi connectivity index (χ0) is 13.9. The molecular weight excluding hydrogens is 310 g/mol. The van der Waals surface area contributed by atoms with Crippen molar-refractivity contribution in [1.29, 1.82) is 0 Å². The van der Waals surface area contributed by atoms with Crippen LogP contribution < -0.4 is 0 Å². The highest BCUT2D eigenvalue weighted by Gasteiger charge is 2.74. The Morgan fingerprint density at radius 1 is 1.05 bits per heavy atom. The molecule has 2 atom stereocenters. The van der Waals surface area contributed by atoms with Crippen molar-refractivity contribution in [1.82, 2.24) is 0 Å². The fourth-order valence-corrected chi connectivity index (χ4v) is 3.92. The maximum absolute atomic E-state index is 11.6. The van der Waals surface area contributed by atoms with Gasteiger partial charge in [0.2, 0.25) is 0 Å². The zero-order valence-electron chi connectivity index (χ0n) is 9.03. The minimum absolute atomic E-state index is 0.697. The maximum atomic E-state index is 11.6. The summed E-state index contributed by atoms with van der Waals surface area (Å²) in [4.78, 5) is 11.4. The monoisotopic (exact) mass is 318 g/mol. The number of hydrogen-bond acceptors (Lipinski definition) is 11. The molecule has 0 aromatic heterocycles. The number of carbonyl (C=O) groups is 1. The molecule has 1 spiro atoms. The molecule has 108 valence electrons. The first kappa shape index (κ1) is 13.8. The lowest BCUT2D eigenvalue weighted by atomic mass is 10.1. The Balaban J connectivity index is 1.78. The highest BCUT2D eigenvalue weighted by atomic mass is 31.2. The van der Waals surface area contributed by atoms with Crippen molar-refractivity contribution in [3.05, 3.63) is 0 Å². The van der Waals surface area contributed by atoms with Crippen LogP contribution in [-0.4, -0.2) is 47.6 Å². The Kier molecular flexibility index (Phi) is 3.01. The number of hydrogen-bond donors (Lipinski definition) is 2. The smallest absolute Gasteiger partial charge is 0.388 e. The highest BCUT2D eigenvalue weighted by Crippen LogP contribution is 2.78. The normalized spacial score (nSPS) is 54.3. The van der Waals surface area contributed by atoms with E-state index in [1.165, 1.54) is 0 Å². The maximum Gasteiger partial charge on any atom is 0.487 e. The van der Waals surface area contributed by atoms with E-state index in [9.17, 15) is 24.1 Å². The average Bonchev–Trinajstić information content (AvgIpc) is 2.27. The van der Waals surface area contributed by atoms with Crippen molar-refractivity contribution in [2.45, 2.75) is 18.4 Å². The lowest BCUT2D eigenvalue weighted by Crippen LogP contribution is -2.54. The third-order valence-corrected chi connectivity index (χ3v) is 5.06. The Labute approximate surface area is 105 Å². The van der Waals surface area contributed by atoms with E-state index in [-0.39, 0.29) is 0 Å². The summed E-state index contributed by atoms with van der Waals surface area (Å²) in [6.07, 6.45) is -5.79. The summed E-state index contributed by atoms with van der Waals surface area (Å²) in [5, 5.41) is 18.8. The molecule has 0 aromatic carbocycles. The fourth-order valence-electron chi connectivity index (χ4n) is 1.43. The van der Waals surface area contributed by atoms with Crippen molar-refractivity contribution < 1.29 is 51.3 Å². The van der Waals surface area contributed by atoms with Crippen molar-refractivity contribution >= 4 is 21.4 Å². The molecule has 0 aromatic rings. The van der Waals surface area contributed by atoms with E-state index < -0.39 is 53.0 Å². The third kappa shape index (κ3) is 2.32. The molecule has 2 N–H and O–H groups in total. The largest absolute Gasteiger partial charge is 0.487 e. The lowest BCUT2D eigenvalue weighted by molar-refractivity contribution is -0.482. The van der Waals surface area contributed by atoms with Crippen molar-refractivity contribution in [3.8, 4) is 0 Å². The average molecular weight is 318 g/mol. The van der Waals surface area contributed by atoms with E-state index in [4.69, 9.17) is 0 Å². The molecule has 19 heavy (non-hydrogen) atoms. The molecule has 0 unspecified atom stereocenters. The van der Waals surface area contributed by atoms with Crippen LogP contribution in [0.1, 0.15) is 0 Å². The number of phosphoric acid groups is 2. The van der Waals surface area contributed by atoms with Gasteiger partial charge in [0.05, 0.1) is 6.61 Å². The number of Topliss-reactive ketones (excluding diaryl/α,β-unsaturated/α-hetero) is 1. The van der Waals surface area contributed by atoms with Crippen LogP contribution in [0.15, 0.2) is 0 Å². The van der Waals surface area contributed by atoms with E-state index in [2.05, 4.69) is 27.1 Å². The van der Waals surface area contributed by atoms with Crippen LogP contribution in [0.3, 0.4) is 0 Å². The Morgan fingerprint density at radius 2 is 1.58 bits per heavy atom. The van der Waals surface area contributed by atoms with Gasteiger partial charge in [-0.25, -0.2) is 27.2 Å². The van der Waals surface area contributed by atoms with Gasteiger partial charge in [-0.1, -0.05) is 0 Å². The van der Waals surface area contributed by atoms with E-state index in [0.717, 1.165) is 0 Å². The van der Waals surface area contributed by atoms with Crippen LogP contribution in [0, 0.1) is 0 Å². The van der Waals surface area contributed by atoms with Gasteiger partial charge in [-0.2, -0.15) is 0 Å². The summed E-state index contributed by atoms with van der Waals surface area (Å²) < 4.78 is 50.4. The second kappa shape index (κ2) is 4.15. The molecule has 5 heterocycles. The Bertz CT molecular complexity index is 493. The van der Waals surface area contributed by atoms with Crippen LogP contribution in [0.4, 0.5) is 0 Å². The minimum atomic E-state index is -4.08. The van der Waals surface area contributed by atoms with Crippen LogP contribution >= 0.6 is 15.6 Å². The van der Waals surface area contributed by atoms with Crippen LogP contribution in [0.25, 0.3) is 0 Å². The van der Waals surface area contributed by atoms with Gasteiger partial charge in [-0.3, -0.25) is 13.8 Å². The fraction of sp³-hybridized carbons (Fsp3) is 0.833. The van der Waals surface area contributed by atoms with Gasteiger partial charge in [-0.05, 0) is 0 Å². The summed E-state index contributed by atoms with van der Waals surface area (Å²) in [5.74, 6) is -0.978. The molecule has 5 aliphatic rings. The summed E-state index contributed by atoms with van der Waals surface area (Å²) in [6, 6.07) is 0. The first-order valence-electron chi connectivity index (χ1n) is 4.96. The van der Waals surface area contributed by atoms with E-state index in [1.54, 1.807) is 0 Å². The quantitative estimate of drug-likeness (QED) is 0.543. The number of aliphatic hydroxyl groups excluding tert-OH is 2. The predicted octanol–water partition coefficient (Wildman–Crippen LogP) is -0.755. The van der Waals surface area contributed by atoms with Crippen molar-refractivity contribution in [2.24, 2.45) is 0 Å². The van der Waals surface area contributed by atoms with E-state index in [1.807, 2.05) is 0 Å². The predicted molar refractivity (Wildman–Crippen MR) is 51.2 cm³/mol. The molecule has 0 saturated carbocycles. The van der Waals surface area contributed by atoms with Gasteiger partial charge in [0.1, 0.15) is 18.8 Å². The van der Waals surface area contributed by atoms with Crippen molar-refractivity contribution in [3.63, 3.8) is 0 Å². The summed E-state index contributed by atoms with van der Waals surface area (Å²) in [5.41, 5.74) is 0. The lowest BCUT2D eigenvalue weighted by Gasteiger charge is -2.49. The van der Waals surface area contributed by atoms with E-state index >= 15 is 0 Å².